The molecule has 2 aliphatic rings. The predicted molar refractivity (Wildman–Crippen MR) is 70.8 cm³/mol. The number of aryl methyl sites for hydroxylation is 1. The predicted octanol–water partition coefficient (Wildman–Crippen LogP) is 2.42. The van der Waals surface area contributed by atoms with Crippen LogP contribution < -0.4 is 5.32 Å². The van der Waals surface area contributed by atoms with E-state index in [2.05, 4.69) is 22.4 Å². The second-order valence-corrected chi connectivity index (χ2v) is 5.25. The van der Waals surface area contributed by atoms with Crippen LogP contribution >= 0.6 is 0 Å². The van der Waals surface area contributed by atoms with Crippen molar-refractivity contribution in [3.05, 3.63) is 35.2 Å². The third-order valence-corrected chi connectivity index (χ3v) is 4.08. The van der Waals surface area contributed by atoms with Crippen molar-refractivity contribution in [1.82, 2.24) is 10.3 Å². The molecular weight excluding hydrogens is 222 g/mol. The minimum Gasteiger partial charge on any atom is -0.310 e. The molecule has 0 aromatic carbocycles. The van der Waals surface area contributed by atoms with Gasteiger partial charge in [0, 0.05) is 12.2 Å². The van der Waals surface area contributed by atoms with Crippen molar-refractivity contribution in [2.45, 2.75) is 32.2 Å². The first-order valence-electron chi connectivity index (χ1n) is 6.59. The number of hydrogen-bond donors (Lipinski definition) is 1. The number of nitrogens with zero attached hydrogens (tertiary/aromatic N) is 2. The highest BCUT2D eigenvalue weighted by Gasteiger charge is 2.30. The summed E-state index contributed by atoms with van der Waals surface area (Å²) in [4.78, 5) is 4.33. The molecule has 2 heterocycles. The molecule has 0 spiro atoms. The molecule has 0 radical (unpaired) electrons. The highest BCUT2D eigenvalue weighted by Crippen LogP contribution is 2.36. The lowest BCUT2D eigenvalue weighted by Crippen LogP contribution is -2.37. The maximum atomic E-state index is 9.07. The molecule has 3 rings (SSSR count). The minimum atomic E-state index is 0.528. The van der Waals surface area contributed by atoms with E-state index in [0.717, 1.165) is 30.1 Å². The van der Waals surface area contributed by atoms with Crippen LogP contribution in [0.25, 0.3) is 5.57 Å². The van der Waals surface area contributed by atoms with Gasteiger partial charge in [0.25, 0.3) is 0 Å². The number of nitrogens with one attached hydrogen (secondary N) is 1. The van der Waals surface area contributed by atoms with Crippen LogP contribution in [0.5, 0.6) is 0 Å². The molecule has 0 amide bonds. The number of allylic oxidation sites excluding steroid dienone is 1. The third kappa shape index (κ3) is 1.93. The average Bonchev–Trinajstić information content (AvgIpc) is 2.83. The Kier molecular flexibility index (Phi) is 2.89. The van der Waals surface area contributed by atoms with Crippen molar-refractivity contribution in [3.8, 4) is 6.07 Å². The van der Waals surface area contributed by atoms with Crippen LogP contribution in [0.3, 0.4) is 0 Å². The lowest BCUT2D eigenvalue weighted by atomic mass is 9.92. The molecule has 1 aromatic heterocycles. The second kappa shape index (κ2) is 4.55. The fourth-order valence-electron chi connectivity index (χ4n) is 3.01. The summed E-state index contributed by atoms with van der Waals surface area (Å²) in [6.07, 6.45) is 7.93. The summed E-state index contributed by atoms with van der Waals surface area (Å²) < 4.78 is 0. The van der Waals surface area contributed by atoms with E-state index in [1.807, 2.05) is 19.2 Å². The maximum absolute atomic E-state index is 9.07. The Morgan fingerprint density at radius 3 is 3.17 bits per heavy atom. The van der Waals surface area contributed by atoms with Crippen molar-refractivity contribution in [3.63, 3.8) is 0 Å². The lowest BCUT2D eigenvalue weighted by Gasteiger charge is -2.25. The Morgan fingerprint density at radius 1 is 1.50 bits per heavy atom. The van der Waals surface area contributed by atoms with Gasteiger partial charge in [0.15, 0.2) is 0 Å². The molecule has 92 valence electrons. The topological polar surface area (TPSA) is 48.7 Å². The van der Waals surface area contributed by atoms with Gasteiger partial charge in [0.1, 0.15) is 6.07 Å². The van der Waals surface area contributed by atoms with Crippen LogP contribution in [-0.2, 0) is 0 Å². The summed E-state index contributed by atoms with van der Waals surface area (Å²) in [5.74, 6) is 0.737. The van der Waals surface area contributed by atoms with Gasteiger partial charge in [-0.25, -0.2) is 0 Å². The summed E-state index contributed by atoms with van der Waals surface area (Å²) in [6, 6.07) is 4.72. The van der Waals surface area contributed by atoms with Gasteiger partial charge in [0.2, 0.25) is 0 Å². The molecule has 1 N–H and O–H groups in total. The Bertz CT molecular complexity index is 539. The molecule has 1 aliphatic carbocycles. The van der Waals surface area contributed by atoms with Crippen LogP contribution in [0.4, 0.5) is 0 Å². The zero-order valence-electron chi connectivity index (χ0n) is 10.6. The number of hydrogen-bond acceptors (Lipinski definition) is 3. The number of fused-ring (bicyclic) bond motifs is 1. The smallest absolute Gasteiger partial charge is 0.101 e. The second-order valence-electron chi connectivity index (χ2n) is 5.25. The number of aromatic nitrogens is 1. The van der Waals surface area contributed by atoms with Crippen LogP contribution in [0.1, 0.15) is 36.1 Å². The Morgan fingerprint density at radius 2 is 2.39 bits per heavy atom. The van der Waals surface area contributed by atoms with E-state index < -0.39 is 0 Å². The Labute approximate surface area is 108 Å². The molecule has 18 heavy (non-hydrogen) atoms. The van der Waals surface area contributed by atoms with E-state index in [4.69, 9.17) is 5.26 Å². The minimum absolute atomic E-state index is 0.528. The standard InChI is InChI=1S/C15H17N3/c1-10-13(8-16)6-14(9-18-10)12-5-11-3-2-4-17-15(11)7-12/h6-7,9,11,15,17H,2-5H2,1H3/t11-,15+/m1/s1. The summed E-state index contributed by atoms with van der Waals surface area (Å²) in [5.41, 5.74) is 3.98. The van der Waals surface area contributed by atoms with Crippen LogP contribution in [0.2, 0.25) is 0 Å². The molecular formula is C15H17N3. The van der Waals surface area contributed by atoms with E-state index in [1.54, 1.807) is 0 Å². The SMILES string of the molecule is Cc1ncc(C2=C[C@@H]3NCCC[C@@H]3C2)cc1C#N. The maximum Gasteiger partial charge on any atom is 0.101 e. The van der Waals surface area contributed by atoms with Crippen LogP contribution in [-0.4, -0.2) is 17.6 Å². The first-order valence-corrected chi connectivity index (χ1v) is 6.59. The van der Waals surface area contributed by atoms with Crippen LogP contribution in [0, 0.1) is 24.2 Å². The van der Waals surface area contributed by atoms with Crippen molar-refractivity contribution < 1.29 is 0 Å². The molecule has 3 nitrogen and oxygen atoms in total. The van der Waals surface area contributed by atoms with E-state index in [-0.39, 0.29) is 0 Å². The monoisotopic (exact) mass is 239 g/mol. The first kappa shape index (κ1) is 11.4. The molecule has 1 saturated heterocycles. The van der Waals surface area contributed by atoms with Gasteiger partial charge in [-0.15, -0.1) is 0 Å². The van der Waals surface area contributed by atoms with Crippen molar-refractivity contribution in [2.24, 2.45) is 5.92 Å². The highest BCUT2D eigenvalue weighted by atomic mass is 14.9. The number of piperidine rings is 1. The summed E-state index contributed by atoms with van der Waals surface area (Å²) >= 11 is 0. The fourth-order valence-corrected chi connectivity index (χ4v) is 3.01. The van der Waals surface area contributed by atoms with Gasteiger partial charge >= 0.3 is 0 Å². The highest BCUT2D eigenvalue weighted by molar-refractivity contribution is 5.69. The summed E-state index contributed by atoms with van der Waals surface area (Å²) in [6.45, 7) is 3.01. The molecule has 1 aromatic rings. The van der Waals surface area contributed by atoms with Crippen molar-refractivity contribution >= 4 is 5.57 Å². The molecule has 1 aliphatic heterocycles. The van der Waals surface area contributed by atoms with Gasteiger partial charge in [-0.1, -0.05) is 6.08 Å². The molecule has 0 saturated carbocycles. The third-order valence-electron chi connectivity index (χ3n) is 4.08. The van der Waals surface area contributed by atoms with Crippen LogP contribution in [0.15, 0.2) is 18.3 Å². The molecule has 0 bridgehead atoms. The van der Waals surface area contributed by atoms with Crippen molar-refractivity contribution in [1.29, 1.82) is 5.26 Å². The largest absolute Gasteiger partial charge is 0.310 e. The normalized spacial score (nSPS) is 26.3. The fraction of sp³-hybridized carbons (Fsp3) is 0.467. The molecule has 1 fully saturated rings. The van der Waals surface area contributed by atoms with E-state index in [1.165, 1.54) is 18.4 Å². The summed E-state index contributed by atoms with van der Waals surface area (Å²) in [7, 11) is 0. The van der Waals surface area contributed by atoms with E-state index >= 15 is 0 Å². The van der Waals surface area contributed by atoms with E-state index in [0.29, 0.717) is 11.6 Å². The molecule has 2 atom stereocenters. The van der Waals surface area contributed by atoms with E-state index in [9.17, 15) is 0 Å². The summed E-state index contributed by atoms with van der Waals surface area (Å²) in [5, 5.41) is 12.6. The quantitative estimate of drug-likeness (QED) is 0.818. The Balaban J connectivity index is 1.90. The van der Waals surface area contributed by atoms with Gasteiger partial charge < -0.3 is 5.32 Å². The molecule has 3 heteroatoms. The van der Waals surface area contributed by atoms with Gasteiger partial charge in [0.05, 0.1) is 11.3 Å². The first-order chi connectivity index (χ1) is 8.78. The number of rotatable bonds is 1. The van der Waals surface area contributed by atoms with Gasteiger partial charge in [-0.3, -0.25) is 4.98 Å². The average molecular weight is 239 g/mol. The molecule has 0 unspecified atom stereocenters. The van der Waals surface area contributed by atoms with Gasteiger partial charge in [-0.2, -0.15) is 5.26 Å². The van der Waals surface area contributed by atoms with Crippen molar-refractivity contribution in [2.75, 3.05) is 6.54 Å². The van der Waals surface area contributed by atoms with Gasteiger partial charge in [-0.05, 0) is 55.9 Å². The number of pyridine rings is 1. The zero-order chi connectivity index (χ0) is 12.5. The zero-order valence-corrected chi connectivity index (χ0v) is 10.6. The lowest BCUT2D eigenvalue weighted by molar-refractivity contribution is 0.341. The number of nitriles is 1. The Hall–Kier alpha value is -1.66.